The predicted molar refractivity (Wildman–Crippen MR) is 98.3 cm³/mol. The van der Waals surface area contributed by atoms with E-state index in [1.54, 1.807) is 29.2 Å². The Bertz CT molecular complexity index is 633. The summed E-state index contributed by atoms with van der Waals surface area (Å²) in [5, 5.41) is 1.07. The first-order valence-electron chi connectivity index (χ1n) is 7.29. The van der Waals surface area contributed by atoms with Crippen molar-refractivity contribution in [3.05, 3.63) is 38.7 Å². The molecule has 1 saturated heterocycles. The van der Waals surface area contributed by atoms with Crippen molar-refractivity contribution in [1.29, 1.82) is 0 Å². The van der Waals surface area contributed by atoms with E-state index in [-0.39, 0.29) is 11.9 Å². The maximum absolute atomic E-state index is 12.7. The molecule has 1 aromatic rings. The van der Waals surface area contributed by atoms with Crippen LogP contribution in [-0.4, -0.2) is 21.2 Å². The summed E-state index contributed by atoms with van der Waals surface area (Å²) in [7, 11) is 0. The smallest absolute Gasteiger partial charge is 0.266 e. The molecule has 1 amide bonds. The molecule has 22 heavy (non-hydrogen) atoms. The topological polar surface area (TPSA) is 20.3 Å². The fraction of sp³-hybridized carbons (Fsp3) is 0.375. The number of benzene rings is 1. The number of nitrogens with zero attached hydrogens (tertiary/aromatic N) is 1. The van der Waals surface area contributed by atoms with Crippen LogP contribution in [0.2, 0.25) is 10.0 Å². The number of rotatable bonds is 2. The molecule has 6 heteroatoms. The Morgan fingerprint density at radius 3 is 2.45 bits per heavy atom. The van der Waals surface area contributed by atoms with Crippen molar-refractivity contribution in [2.75, 3.05) is 0 Å². The van der Waals surface area contributed by atoms with Gasteiger partial charge in [0.15, 0.2) is 0 Å². The fourth-order valence-electron chi connectivity index (χ4n) is 2.91. The van der Waals surface area contributed by atoms with Crippen molar-refractivity contribution in [2.24, 2.45) is 0 Å². The molecule has 0 aromatic heterocycles. The third-order valence-corrected chi connectivity index (χ3v) is 6.03. The van der Waals surface area contributed by atoms with Gasteiger partial charge < -0.3 is 0 Å². The Morgan fingerprint density at radius 2 is 1.82 bits per heavy atom. The van der Waals surface area contributed by atoms with Crippen LogP contribution >= 0.6 is 47.2 Å². The minimum atomic E-state index is -0.0158. The van der Waals surface area contributed by atoms with Gasteiger partial charge in [0.2, 0.25) is 0 Å². The van der Waals surface area contributed by atoms with Gasteiger partial charge in [0, 0.05) is 21.7 Å². The van der Waals surface area contributed by atoms with Gasteiger partial charge >= 0.3 is 0 Å². The van der Waals surface area contributed by atoms with E-state index in [2.05, 4.69) is 0 Å². The maximum atomic E-state index is 12.7. The van der Waals surface area contributed by atoms with E-state index in [0.29, 0.717) is 24.8 Å². The van der Waals surface area contributed by atoms with Gasteiger partial charge in [-0.15, -0.1) is 0 Å². The Labute approximate surface area is 149 Å². The van der Waals surface area contributed by atoms with Crippen LogP contribution in [0.1, 0.15) is 37.7 Å². The Balaban J connectivity index is 1.89. The molecule has 1 aromatic carbocycles. The second kappa shape index (κ2) is 6.91. The van der Waals surface area contributed by atoms with Gasteiger partial charge in [-0.3, -0.25) is 9.69 Å². The van der Waals surface area contributed by atoms with E-state index < -0.39 is 0 Å². The summed E-state index contributed by atoms with van der Waals surface area (Å²) in [5.74, 6) is -0.0158. The van der Waals surface area contributed by atoms with Crippen LogP contribution < -0.4 is 0 Å². The van der Waals surface area contributed by atoms with Crippen LogP contribution in [0.4, 0.5) is 0 Å². The Kier molecular flexibility index (Phi) is 5.13. The first-order valence-corrected chi connectivity index (χ1v) is 9.27. The molecule has 1 heterocycles. The molecule has 116 valence electrons. The van der Waals surface area contributed by atoms with Crippen molar-refractivity contribution in [1.82, 2.24) is 4.90 Å². The van der Waals surface area contributed by atoms with Gasteiger partial charge in [0.25, 0.3) is 5.91 Å². The zero-order valence-electron chi connectivity index (χ0n) is 11.9. The second-order valence-electron chi connectivity index (χ2n) is 5.48. The van der Waals surface area contributed by atoms with Gasteiger partial charge in [-0.25, -0.2) is 0 Å². The Morgan fingerprint density at radius 1 is 1.18 bits per heavy atom. The molecular weight excluding hydrogens is 357 g/mol. The molecule has 0 bridgehead atoms. The minimum Gasteiger partial charge on any atom is -0.290 e. The predicted octanol–water partition coefficient (Wildman–Crippen LogP) is 5.53. The third-order valence-electron chi connectivity index (χ3n) is 4.04. The number of carbonyl (C=O) groups excluding carboxylic acids is 1. The van der Waals surface area contributed by atoms with Crippen LogP contribution in [0.25, 0.3) is 6.08 Å². The number of hydrogen-bond donors (Lipinski definition) is 0. The average Bonchev–Trinajstić information content (AvgIpc) is 2.78. The van der Waals surface area contributed by atoms with E-state index in [1.807, 2.05) is 0 Å². The van der Waals surface area contributed by atoms with Crippen LogP contribution in [0, 0.1) is 0 Å². The first kappa shape index (κ1) is 16.3. The summed E-state index contributed by atoms with van der Waals surface area (Å²) in [6.45, 7) is 0. The zero-order chi connectivity index (χ0) is 15.7. The van der Waals surface area contributed by atoms with Crippen LogP contribution in [-0.2, 0) is 4.79 Å². The monoisotopic (exact) mass is 371 g/mol. The van der Waals surface area contributed by atoms with Gasteiger partial charge in [-0.1, -0.05) is 72.5 Å². The SMILES string of the molecule is O=C1C(=Cc2c(Cl)cccc2Cl)SC(=S)N1C1CCCCC1. The minimum absolute atomic E-state index is 0.0158. The summed E-state index contributed by atoms with van der Waals surface area (Å²) < 4.78 is 0.645. The number of thioether (sulfide) groups is 1. The molecule has 0 radical (unpaired) electrons. The fourth-order valence-corrected chi connectivity index (χ4v) is 4.80. The van der Waals surface area contributed by atoms with Crippen molar-refractivity contribution < 1.29 is 4.79 Å². The van der Waals surface area contributed by atoms with E-state index in [1.165, 1.54) is 18.2 Å². The number of amides is 1. The largest absolute Gasteiger partial charge is 0.290 e. The number of carbonyl (C=O) groups is 1. The lowest BCUT2D eigenvalue weighted by Gasteiger charge is -2.29. The first-order chi connectivity index (χ1) is 10.6. The quantitative estimate of drug-likeness (QED) is 0.503. The van der Waals surface area contributed by atoms with Gasteiger partial charge in [0.05, 0.1) is 4.91 Å². The molecule has 1 aliphatic heterocycles. The van der Waals surface area contributed by atoms with Crippen molar-refractivity contribution in [2.45, 2.75) is 38.1 Å². The normalized spacial score (nSPS) is 21.9. The molecule has 2 fully saturated rings. The number of thiocarbonyl (C=S) groups is 1. The highest BCUT2D eigenvalue weighted by molar-refractivity contribution is 8.26. The average molecular weight is 372 g/mol. The van der Waals surface area contributed by atoms with E-state index in [4.69, 9.17) is 35.4 Å². The summed E-state index contributed by atoms with van der Waals surface area (Å²) in [4.78, 5) is 15.1. The lowest BCUT2D eigenvalue weighted by atomic mass is 9.94. The molecule has 2 nitrogen and oxygen atoms in total. The van der Waals surface area contributed by atoms with Crippen molar-refractivity contribution in [3.8, 4) is 0 Å². The van der Waals surface area contributed by atoms with Crippen molar-refractivity contribution in [3.63, 3.8) is 0 Å². The van der Waals surface area contributed by atoms with Gasteiger partial charge in [0.1, 0.15) is 4.32 Å². The zero-order valence-corrected chi connectivity index (χ0v) is 15.0. The van der Waals surface area contributed by atoms with Gasteiger partial charge in [-0.05, 0) is 31.1 Å². The van der Waals surface area contributed by atoms with Crippen LogP contribution in [0.3, 0.4) is 0 Å². The Hall–Kier alpha value is -0.550. The highest BCUT2D eigenvalue weighted by Crippen LogP contribution is 2.38. The maximum Gasteiger partial charge on any atom is 0.266 e. The third kappa shape index (κ3) is 3.21. The molecule has 3 rings (SSSR count). The molecule has 0 N–H and O–H groups in total. The highest BCUT2D eigenvalue weighted by Gasteiger charge is 2.37. The number of hydrogen-bond acceptors (Lipinski definition) is 3. The summed E-state index contributed by atoms with van der Waals surface area (Å²) in [6, 6.07) is 5.56. The highest BCUT2D eigenvalue weighted by atomic mass is 35.5. The molecule has 1 saturated carbocycles. The molecule has 0 atom stereocenters. The van der Waals surface area contributed by atoms with Crippen LogP contribution in [0.5, 0.6) is 0 Å². The standard InChI is InChI=1S/C16H15Cl2NOS2/c17-12-7-4-8-13(18)11(12)9-14-15(20)19(16(21)22-14)10-5-2-1-3-6-10/h4,7-10H,1-3,5-6H2. The van der Waals surface area contributed by atoms with E-state index in [9.17, 15) is 4.79 Å². The number of halogens is 2. The lowest BCUT2D eigenvalue weighted by molar-refractivity contribution is -0.124. The second-order valence-corrected chi connectivity index (χ2v) is 7.97. The molecule has 1 aliphatic carbocycles. The lowest BCUT2D eigenvalue weighted by Crippen LogP contribution is -2.39. The van der Waals surface area contributed by atoms with Crippen molar-refractivity contribution >= 4 is 63.5 Å². The summed E-state index contributed by atoms with van der Waals surface area (Å²) in [5.41, 5.74) is 0.676. The molecule has 0 spiro atoms. The van der Waals surface area contributed by atoms with Crippen LogP contribution in [0.15, 0.2) is 23.1 Å². The molecular formula is C16H15Cl2NOS2. The summed E-state index contributed by atoms with van der Waals surface area (Å²) in [6.07, 6.45) is 7.40. The molecule has 2 aliphatic rings. The summed E-state index contributed by atoms with van der Waals surface area (Å²) >= 11 is 19.1. The molecule has 0 unspecified atom stereocenters. The van der Waals surface area contributed by atoms with Gasteiger partial charge in [-0.2, -0.15) is 0 Å². The van der Waals surface area contributed by atoms with E-state index in [0.717, 1.165) is 25.7 Å². The van der Waals surface area contributed by atoms with E-state index >= 15 is 0 Å².